The first-order chi connectivity index (χ1) is 9.62. The van der Waals surface area contributed by atoms with Gasteiger partial charge >= 0.3 is 0 Å². The Morgan fingerprint density at radius 3 is 2.80 bits per heavy atom. The van der Waals surface area contributed by atoms with Gasteiger partial charge < -0.3 is 10.1 Å². The summed E-state index contributed by atoms with van der Waals surface area (Å²) in [7, 11) is -3.34. The van der Waals surface area contributed by atoms with Crippen molar-refractivity contribution in [2.75, 3.05) is 25.5 Å². The maximum Gasteiger partial charge on any atom is 0.179 e. The van der Waals surface area contributed by atoms with Crippen molar-refractivity contribution < 1.29 is 13.2 Å². The Hall–Kier alpha value is -1.42. The zero-order valence-corrected chi connectivity index (χ0v) is 12.0. The van der Waals surface area contributed by atoms with Crippen molar-refractivity contribution in [3.05, 3.63) is 29.8 Å². The predicted molar refractivity (Wildman–Crippen MR) is 75.1 cm³/mol. The fourth-order valence-electron chi connectivity index (χ4n) is 2.18. The molecule has 20 heavy (non-hydrogen) atoms. The monoisotopic (exact) mass is 294 g/mol. The molecule has 0 aliphatic carbocycles. The second-order valence-corrected chi connectivity index (χ2v) is 6.91. The predicted octanol–water partition coefficient (Wildman–Crippen LogP) is 1.10. The summed E-state index contributed by atoms with van der Waals surface area (Å²) in [5, 5.41) is 12.1. The van der Waals surface area contributed by atoms with Gasteiger partial charge in [-0.3, -0.25) is 0 Å². The smallest absolute Gasteiger partial charge is 0.179 e. The molecule has 0 spiro atoms. The van der Waals surface area contributed by atoms with Crippen LogP contribution in [0.5, 0.6) is 0 Å². The molecule has 1 fully saturated rings. The molecule has 1 aromatic carbocycles. The molecule has 1 heterocycles. The minimum atomic E-state index is -3.34. The Bertz CT molecular complexity index is 587. The van der Waals surface area contributed by atoms with Crippen molar-refractivity contribution in [3.8, 4) is 6.07 Å². The van der Waals surface area contributed by atoms with E-state index in [2.05, 4.69) is 5.32 Å². The van der Waals surface area contributed by atoms with Crippen molar-refractivity contribution >= 4 is 9.84 Å². The van der Waals surface area contributed by atoms with Gasteiger partial charge in [-0.2, -0.15) is 5.26 Å². The zero-order valence-electron chi connectivity index (χ0n) is 11.2. The Balaban J connectivity index is 1.91. The SMILES string of the molecule is N#Cc1cccc(S(=O)(=O)CCNC2CCOCC2)c1. The number of nitrogens with zero attached hydrogens (tertiary/aromatic N) is 1. The molecule has 5 nitrogen and oxygen atoms in total. The third kappa shape index (κ3) is 4.04. The first-order valence-corrected chi connectivity index (χ1v) is 8.31. The van der Waals surface area contributed by atoms with Crippen molar-refractivity contribution in [2.24, 2.45) is 0 Å². The third-order valence-corrected chi connectivity index (χ3v) is 5.06. The van der Waals surface area contributed by atoms with Crippen LogP contribution in [-0.2, 0) is 14.6 Å². The molecule has 0 atom stereocenters. The van der Waals surface area contributed by atoms with Gasteiger partial charge in [-0.15, -0.1) is 0 Å². The van der Waals surface area contributed by atoms with Gasteiger partial charge in [-0.1, -0.05) is 6.07 Å². The molecular formula is C14H18N2O3S. The van der Waals surface area contributed by atoms with Crippen LogP contribution in [0.15, 0.2) is 29.2 Å². The molecule has 0 aromatic heterocycles. The highest BCUT2D eigenvalue weighted by atomic mass is 32.2. The van der Waals surface area contributed by atoms with Crippen molar-refractivity contribution in [1.82, 2.24) is 5.32 Å². The van der Waals surface area contributed by atoms with E-state index in [1.165, 1.54) is 12.1 Å². The molecule has 2 rings (SSSR count). The number of hydrogen-bond acceptors (Lipinski definition) is 5. The quantitative estimate of drug-likeness (QED) is 0.879. The average molecular weight is 294 g/mol. The minimum Gasteiger partial charge on any atom is -0.381 e. The van der Waals surface area contributed by atoms with E-state index >= 15 is 0 Å². The standard InChI is InChI=1S/C14H18N2O3S/c15-11-12-2-1-3-14(10-12)20(17,18)9-6-16-13-4-7-19-8-5-13/h1-3,10,13,16H,4-9H2. The topological polar surface area (TPSA) is 79.2 Å². The fourth-order valence-corrected chi connectivity index (χ4v) is 3.39. The van der Waals surface area contributed by atoms with E-state index in [0.29, 0.717) is 18.2 Å². The Labute approximate surface area is 119 Å². The number of ether oxygens (including phenoxy) is 1. The Kier molecular flexibility index (Phi) is 5.12. The van der Waals surface area contributed by atoms with Crippen molar-refractivity contribution in [2.45, 2.75) is 23.8 Å². The Morgan fingerprint density at radius 1 is 1.35 bits per heavy atom. The maximum atomic E-state index is 12.2. The van der Waals surface area contributed by atoms with Gasteiger partial charge in [0.15, 0.2) is 9.84 Å². The lowest BCUT2D eigenvalue weighted by molar-refractivity contribution is 0.0785. The normalized spacial score (nSPS) is 16.8. The fraction of sp³-hybridized carbons (Fsp3) is 0.500. The highest BCUT2D eigenvalue weighted by Crippen LogP contribution is 2.13. The van der Waals surface area contributed by atoms with Crippen molar-refractivity contribution in [3.63, 3.8) is 0 Å². The van der Waals surface area contributed by atoms with Crippen LogP contribution < -0.4 is 5.32 Å². The molecule has 0 saturated carbocycles. The maximum absolute atomic E-state index is 12.2. The first kappa shape index (κ1) is 15.0. The molecule has 108 valence electrons. The summed E-state index contributed by atoms with van der Waals surface area (Å²) in [5.74, 6) is 0.0409. The van der Waals surface area contributed by atoms with E-state index in [4.69, 9.17) is 10.00 Å². The van der Waals surface area contributed by atoms with Gasteiger partial charge in [0.25, 0.3) is 0 Å². The minimum absolute atomic E-state index is 0.0409. The van der Waals surface area contributed by atoms with Crippen LogP contribution in [0.25, 0.3) is 0 Å². The van der Waals surface area contributed by atoms with Crippen LogP contribution in [0.2, 0.25) is 0 Å². The number of rotatable bonds is 5. The molecule has 0 amide bonds. The number of sulfone groups is 1. The molecule has 1 N–H and O–H groups in total. The number of nitriles is 1. The molecule has 1 aliphatic rings. The van der Waals surface area contributed by atoms with Gasteiger partial charge in [0.05, 0.1) is 22.3 Å². The van der Waals surface area contributed by atoms with E-state index in [9.17, 15) is 8.42 Å². The molecule has 0 unspecified atom stereocenters. The molecule has 1 aromatic rings. The highest BCUT2D eigenvalue weighted by molar-refractivity contribution is 7.91. The third-order valence-electron chi connectivity index (χ3n) is 3.35. The molecule has 1 saturated heterocycles. The van der Waals surface area contributed by atoms with Gasteiger partial charge in [0, 0.05) is 25.8 Å². The van der Waals surface area contributed by atoms with Gasteiger partial charge in [-0.05, 0) is 31.0 Å². The largest absolute Gasteiger partial charge is 0.381 e. The average Bonchev–Trinajstić information content (AvgIpc) is 2.48. The summed E-state index contributed by atoms with van der Waals surface area (Å²) < 4.78 is 29.6. The zero-order chi connectivity index (χ0) is 14.4. The van der Waals surface area contributed by atoms with Crippen LogP contribution >= 0.6 is 0 Å². The van der Waals surface area contributed by atoms with E-state index in [1.807, 2.05) is 6.07 Å². The summed E-state index contributed by atoms with van der Waals surface area (Å²) in [4.78, 5) is 0.213. The summed E-state index contributed by atoms with van der Waals surface area (Å²) in [6, 6.07) is 8.43. The van der Waals surface area contributed by atoms with Gasteiger partial charge in [-0.25, -0.2) is 8.42 Å². The van der Waals surface area contributed by atoms with E-state index in [1.54, 1.807) is 12.1 Å². The molecule has 1 aliphatic heterocycles. The lowest BCUT2D eigenvalue weighted by Crippen LogP contribution is -2.37. The van der Waals surface area contributed by atoms with E-state index < -0.39 is 9.84 Å². The second-order valence-electron chi connectivity index (χ2n) is 4.80. The molecule has 6 heteroatoms. The summed E-state index contributed by atoms with van der Waals surface area (Å²) >= 11 is 0. The van der Waals surface area contributed by atoms with Crippen LogP contribution in [0, 0.1) is 11.3 Å². The summed E-state index contributed by atoms with van der Waals surface area (Å²) in [6.45, 7) is 1.88. The summed E-state index contributed by atoms with van der Waals surface area (Å²) in [6.07, 6.45) is 1.84. The molecule has 0 bridgehead atoms. The van der Waals surface area contributed by atoms with Gasteiger partial charge in [0.2, 0.25) is 0 Å². The number of nitrogens with one attached hydrogen (secondary N) is 1. The van der Waals surface area contributed by atoms with Crippen LogP contribution in [0.1, 0.15) is 18.4 Å². The first-order valence-electron chi connectivity index (χ1n) is 6.66. The van der Waals surface area contributed by atoms with Crippen LogP contribution in [-0.4, -0.2) is 40.0 Å². The Morgan fingerprint density at radius 2 is 2.10 bits per heavy atom. The molecule has 0 radical (unpaired) electrons. The molecular weight excluding hydrogens is 276 g/mol. The lowest BCUT2D eigenvalue weighted by atomic mass is 10.1. The van der Waals surface area contributed by atoms with Gasteiger partial charge in [0.1, 0.15) is 0 Å². The van der Waals surface area contributed by atoms with E-state index in [0.717, 1.165) is 26.1 Å². The van der Waals surface area contributed by atoms with E-state index in [-0.39, 0.29) is 10.6 Å². The second kappa shape index (κ2) is 6.84. The number of benzene rings is 1. The van der Waals surface area contributed by atoms with Crippen molar-refractivity contribution in [1.29, 1.82) is 5.26 Å². The highest BCUT2D eigenvalue weighted by Gasteiger charge is 2.17. The van der Waals surface area contributed by atoms with Crippen LogP contribution in [0.4, 0.5) is 0 Å². The number of hydrogen-bond donors (Lipinski definition) is 1. The van der Waals surface area contributed by atoms with Crippen LogP contribution in [0.3, 0.4) is 0 Å². The lowest BCUT2D eigenvalue weighted by Gasteiger charge is -2.23. The summed E-state index contributed by atoms with van der Waals surface area (Å²) in [5.41, 5.74) is 0.364.